The maximum atomic E-state index is 13.2. The lowest BCUT2D eigenvalue weighted by Crippen LogP contribution is -2.63. The van der Waals surface area contributed by atoms with Crippen LogP contribution in [0.4, 0.5) is 0 Å². The quantitative estimate of drug-likeness (QED) is 0.261. The number of carbonyl (C=O) groups excluding carboxylic acids is 1. The molecule has 0 spiro atoms. The Hall–Kier alpha value is -0.890. The Labute approximate surface area is 233 Å². The molecule has 2 aliphatic heterocycles. The van der Waals surface area contributed by atoms with E-state index in [2.05, 4.69) is 5.32 Å². The van der Waals surface area contributed by atoms with Gasteiger partial charge >= 0.3 is 5.97 Å². The molecule has 0 radical (unpaired) electrons. The lowest BCUT2D eigenvalue weighted by Gasteiger charge is -2.45. The van der Waals surface area contributed by atoms with Crippen molar-refractivity contribution in [3.8, 4) is 0 Å². The molecule has 2 rings (SSSR count). The topological polar surface area (TPSA) is 161 Å². The van der Waals surface area contributed by atoms with E-state index < -0.39 is 65.3 Å². The fraction of sp³-hybridized carbons (Fsp3) is 0.964. The largest absolute Gasteiger partial charge is 0.459 e. The van der Waals surface area contributed by atoms with E-state index in [1.165, 1.54) is 20.8 Å². The number of likely N-dealkylation sites (N-methyl/N-ethyl adjacent to an activating group) is 2. The molecule has 0 aromatic heterocycles. The summed E-state index contributed by atoms with van der Waals surface area (Å²) in [5.41, 5.74) is -4.90. The second-order valence-corrected chi connectivity index (χ2v) is 12.7. The first kappa shape index (κ1) is 34.3. The summed E-state index contributed by atoms with van der Waals surface area (Å²) >= 11 is 0. The van der Waals surface area contributed by atoms with Crippen molar-refractivity contribution in [3.63, 3.8) is 0 Å². The minimum atomic E-state index is -1.78. The van der Waals surface area contributed by atoms with E-state index in [1.54, 1.807) is 27.8 Å². The molecule has 11 heteroatoms. The molecule has 230 valence electrons. The van der Waals surface area contributed by atoms with Gasteiger partial charge in [0, 0.05) is 25.0 Å². The highest BCUT2D eigenvalue weighted by atomic mass is 16.7. The molecule has 2 fully saturated rings. The van der Waals surface area contributed by atoms with Crippen LogP contribution in [-0.2, 0) is 19.0 Å². The van der Waals surface area contributed by atoms with Crippen LogP contribution < -0.4 is 5.32 Å². The minimum absolute atomic E-state index is 0.0859. The zero-order valence-corrected chi connectivity index (χ0v) is 25.3. The first-order valence-electron chi connectivity index (χ1n) is 14.3. The number of hydrogen-bond acceptors (Lipinski definition) is 11. The number of cyclic esters (lactones) is 1. The van der Waals surface area contributed by atoms with Gasteiger partial charge in [0.05, 0.1) is 30.3 Å². The smallest absolute Gasteiger partial charge is 0.311 e. The highest BCUT2D eigenvalue weighted by Gasteiger charge is 2.51. The number of hydrogen-bond donors (Lipinski definition) is 6. The summed E-state index contributed by atoms with van der Waals surface area (Å²) in [6.07, 6.45) is -4.27. The molecular weight excluding hydrogens is 508 g/mol. The fourth-order valence-corrected chi connectivity index (χ4v) is 6.32. The summed E-state index contributed by atoms with van der Waals surface area (Å²) in [7, 11) is 3.56. The van der Waals surface area contributed by atoms with Crippen LogP contribution in [0.3, 0.4) is 0 Å². The van der Waals surface area contributed by atoms with Crippen LogP contribution >= 0.6 is 0 Å². The Morgan fingerprint density at radius 1 is 1.10 bits per heavy atom. The third-order valence-corrected chi connectivity index (χ3v) is 8.88. The fourth-order valence-electron chi connectivity index (χ4n) is 6.32. The number of carbonyl (C=O) groups is 1. The van der Waals surface area contributed by atoms with Gasteiger partial charge in [0.2, 0.25) is 0 Å². The van der Waals surface area contributed by atoms with Crippen molar-refractivity contribution in [1.29, 1.82) is 0 Å². The number of β-amino-alcohol motifs (C(OH)–C–C–N with tert-alkyl or cyclic N) is 1. The molecular formula is C28H54N2O9. The number of ether oxygens (including phenoxy) is 3. The summed E-state index contributed by atoms with van der Waals surface area (Å²) in [5.74, 6) is -2.64. The van der Waals surface area contributed by atoms with Gasteiger partial charge in [-0.15, -0.1) is 0 Å². The first-order chi connectivity index (χ1) is 17.9. The molecule has 0 aromatic rings. The number of esters is 1. The zero-order valence-electron chi connectivity index (χ0n) is 25.3. The summed E-state index contributed by atoms with van der Waals surface area (Å²) < 4.78 is 17.7. The van der Waals surface area contributed by atoms with Crippen molar-refractivity contribution >= 4 is 5.97 Å². The maximum absolute atomic E-state index is 13.2. The molecule has 0 bridgehead atoms. The molecule has 0 aromatic carbocycles. The molecule has 11 nitrogen and oxygen atoms in total. The zero-order chi connectivity index (χ0) is 29.9. The first-order valence-corrected chi connectivity index (χ1v) is 14.3. The van der Waals surface area contributed by atoms with Crippen molar-refractivity contribution in [3.05, 3.63) is 0 Å². The van der Waals surface area contributed by atoms with Crippen LogP contribution in [0.1, 0.15) is 67.7 Å². The Morgan fingerprint density at radius 2 is 1.72 bits per heavy atom. The molecule has 6 N–H and O–H groups in total. The van der Waals surface area contributed by atoms with E-state index in [4.69, 9.17) is 14.2 Å². The van der Waals surface area contributed by atoms with Crippen LogP contribution in [-0.4, -0.2) is 124 Å². The van der Waals surface area contributed by atoms with Crippen molar-refractivity contribution in [2.45, 2.75) is 121 Å². The summed E-state index contributed by atoms with van der Waals surface area (Å²) in [6, 6.07) is -0.260. The standard InChI is InChI=1S/C28H54N2O9/c1-10-20-28(7,36)27(6,35)15-30(9)14-16(2)13-26(5,34)23(17(3)21(31)18(4)24(33)38-20)39-25-22(32)19(29-8)11-12-37-25/h16-23,25,29,31-32,34-36H,10-15H2,1-9H3/t16-,17+,18-,19-,20-,21+,22-,23-,25+,26-,27-,28+/m1/s1. The molecule has 0 amide bonds. The molecule has 2 heterocycles. The SMILES string of the molecule is CC[C@H]1OC(=O)[C@H](C)[C@@H](O)[C@H](C)[C@@H](O[C@@H]2OCC[C@@H](NC)[C@H]2O)[C@](C)(O)C[C@@H](C)CN(C)C[C@@](C)(O)[C@@]1(C)O. The van der Waals surface area contributed by atoms with Crippen molar-refractivity contribution in [1.82, 2.24) is 10.2 Å². The highest BCUT2D eigenvalue weighted by Crippen LogP contribution is 2.36. The lowest BCUT2D eigenvalue weighted by atomic mass is 9.78. The number of aliphatic hydroxyl groups excluding tert-OH is 2. The van der Waals surface area contributed by atoms with E-state index in [1.807, 2.05) is 18.9 Å². The minimum Gasteiger partial charge on any atom is -0.459 e. The Bertz CT molecular complexity index is 793. The summed E-state index contributed by atoms with van der Waals surface area (Å²) in [5, 5.41) is 59.7. The molecule has 0 saturated carbocycles. The van der Waals surface area contributed by atoms with E-state index in [9.17, 15) is 30.3 Å². The van der Waals surface area contributed by atoms with Gasteiger partial charge in [0.1, 0.15) is 23.4 Å². The average Bonchev–Trinajstić information content (AvgIpc) is 2.83. The molecule has 0 aliphatic carbocycles. The van der Waals surface area contributed by atoms with Crippen LogP contribution in [0.25, 0.3) is 0 Å². The molecule has 12 atom stereocenters. The van der Waals surface area contributed by atoms with Crippen molar-refractivity contribution in [2.75, 3.05) is 33.8 Å². The molecule has 2 aliphatic rings. The normalized spacial score (nSPS) is 48.2. The van der Waals surface area contributed by atoms with Gasteiger partial charge in [-0.2, -0.15) is 0 Å². The van der Waals surface area contributed by atoms with Crippen molar-refractivity contribution in [2.24, 2.45) is 17.8 Å². The highest BCUT2D eigenvalue weighted by molar-refractivity contribution is 5.73. The van der Waals surface area contributed by atoms with Crippen LogP contribution in [0.5, 0.6) is 0 Å². The van der Waals surface area contributed by atoms with E-state index >= 15 is 0 Å². The van der Waals surface area contributed by atoms with E-state index in [-0.39, 0.29) is 31.3 Å². The Balaban J connectivity index is 2.49. The van der Waals surface area contributed by atoms with E-state index in [0.29, 0.717) is 19.6 Å². The number of aliphatic hydroxyl groups is 5. The molecule has 2 saturated heterocycles. The van der Waals surface area contributed by atoms with Crippen LogP contribution in [0.2, 0.25) is 0 Å². The maximum Gasteiger partial charge on any atom is 0.311 e. The lowest BCUT2D eigenvalue weighted by molar-refractivity contribution is -0.280. The second-order valence-electron chi connectivity index (χ2n) is 12.7. The predicted molar refractivity (Wildman–Crippen MR) is 146 cm³/mol. The van der Waals surface area contributed by atoms with Crippen molar-refractivity contribution < 1.29 is 44.5 Å². The van der Waals surface area contributed by atoms with Gasteiger partial charge in [-0.05, 0) is 67.0 Å². The van der Waals surface area contributed by atoms with Crippen LogP contribution in [0, 0.1) is 17.8 Å². The molecule has 0 unspecified atom stereocenters. The predicted octanol–water partition coefficient (Wildman–Crippen LogP) is 0.246. The van der Waals surface area contributed by atoms with Gasteiger partial charge in [-0.1, -0.05) is 20.8 Å². The molecule has 39 heavy (non-hydrogen) atoms. The van der Waals surface area contributed by atoms with Gasteiger partial charge in [-0.3, -0.25) is 4.79 Å². The van der Waals surface area contributed by atoms with E-state index in [0.717, 1.165) is 0 Å². The third-order valence-electron chi connectivity index (χ3n) is 8.88. The monoisotopic (exact) mass is 562 g/mol. The summed E-state index contributed by atoms with van der Waals surface area (Å²) in [4.78, 5) is 15.1. The number of nitrogens with one attached hydrogen (secondary N) is 1. The average molecular weight is 563 g/mol. The summed E-state index contributed by atoms with van der Waals surface area (Å²) in [6.45, 7) is 12.4. The van der Waals surface area contributed by atoms with Gasteiger partial charge in [-0.25, -0.2) is 0 Å². The number of rotatable bonds is 4. The van der Waals surface area contributed by atoms with Gasteiger partial charge < -0.3 is 50.0 Å². The number of nitrogens with zero attached hydrogens (tertiary/aromatic N) is 1. The van der Waals surface area contributed by atoms with Crippen LogP contribution in [0.15, 0.2) is 0 Å². The van der Waals surface area contributed by atoms with Gasteiger partial charge in [0.15, 0.2) is 6.29 Å². The Kier molecular flexibility index (Phi) is 11.8. The van der Waals surface area contributed by atoms with Gasteiger partial charge in [0.25, 0.3) is 0 Å². The third kappa shape index (κ3) is 7.90. The second kappa shape index (κ2) is 13.4. The Morgan fingerprint density at radius 3 is 2.28 bits per heavy atom.